The van der Waals surface area contributed by atoms with Gasteiger partial charge in [-0.2, -0.15) is 0 Å². The molecule has 0 bridgehead atoms. The first-order chi connectivity index (χ1) is 34.6. The van der Waals surface area contributed by atoms with Crippen LogP contribution in [0.25, 0.3) is 0 Å². The maximum Gasteiger partial charge on any atom is 0.314 e. The molecule has 0 spiro atoms. The van der Waals surface area contributed by atoms with E-state index in [1.807, 2.05) is 38.4 Å². The lowest BCUT2D eigenvalue weighted by atomic mass is 9.85. The van der Waals surface area contributed by atoms with Crippen LogP contribution in [0.4, 0.5) is 4.79 Å². The highest BCUT2D eigenvalue weighted by molar-refractivity contribution is 7.89. The normalized spacial score (nSPS) is 16.4. The number of carbonyl (C=O) groups excluding carboxylic acids is 1. The van der Waals surface area contributed by atoms with Crippen LogP contribution in [0.1, 0.15) is 45.2 Å². The Hall–Kier alpha value is -3.19. The van der Waals surface area contributed by atoms with Gasteiger partial charge in [-0.1, -0.05) is 70.7 Å². The molecule has 0 fully saturated rings. The zero-order valence-corrected chi connectivity index (χ0v) is 45.1. The summed E-state index contributed by atoms with van der Waals surface area (Å²) in [7, 11) is -3.55. The molecule has 396 valence electrons. The number of urea groups is 1. The number of sulfonamides is 2. The third-order valence-corrected chi connectivity index (χ3v) is 15.8. The van der Waals surface area contributed by atoms with Gasteiger partial charge in [0.25, 0.3) is 0 Å². The lowest BCUT2D eigenvalue weighted by Gasteiger charge is -2.33. The Labute approximate surface area is 443 Å². The van der Waals surface area contributed by atoms with Crippen molar-refractivity contribution in [2.45, 2.75) is 34.7 Å². The molecule has 4 aromatic carbocycles. The maximum absolute atomic E-state index is 13.1. The number of nitrogens with zero attached hydrogens (tertiary/aromatic N) is 2. The van der Waals surface area contributed by atoms with Crippen molar-refractivity contribution in [1.29, 1.82) is 0 Å². The summed E-state index contributed by atoms with van der Waals surface area (Å²) in [5, 5.41) is 7.69. The number of nitrogens with one attached hydrogen (secondary N) is 4. The van der Waals surface area contributed by atoms with Crippen molar-refractivity contribution >= 4 is 72.5 Å². The van der Waals surface area contributed by atoms with Crippen molar-refractivity contribution in [3.63, 3.8) is 0 Å². The molecule has 0 saturated heterocycles. The zero-order valence-electron chi connectivity index (χ0n) is 40.4. The van der Waals surface area contributed by atoms with Crippen molar-refractivity contribution in [3.8, 4) is 0 Å². The summed E-state index contributed by atoms with van der Waals surface area (Å²) in [5.41, 5.74) is 5.71. The van der Waals surface area contributed by atoms with Crippen molar-refractivity contribution < 1.29 is 50.1 Å². The van der Waals surface area contributed by atoms with Crippen LogP contribution >= 0.6 is 46.4 Å². The summed E-state index contributed by atoms with van der Waals surface area (Å²) in [5.74, 6) is -0.174. The molecule has 2 heterocycles. The van der Waals surface area contributed by atoms with Gasteiger partial charge in [0, 0.05) is 84.3 Å². The molecule has 2 atom stereocenters. The minimum Gasteiger partial charge on any atom is -0.378 e. The number of benzene rings is 4. The van der Waals surface area contributed by atoms with Gasteiger partial charge in [-0.25, -0.2) is 31.1 Å². The largest absolute Gasteiger partial charge is 0.378 e. The predicted molar refractivity (Wildman–Crippen MR) is 279 cm³/mol. The van der Waals surface area contributed by atoms with Gasteiger partial charge in [-0.15, -0.1) is 0 Å². The molecule has 23 heteroatoms. The topological polar surface area (TPSA) is 195 Å². The molecule has 2 aliphatic heterocycles. The highest BCUT2D eigenvalue weighted by atomic mass is 35.5. The van der Waals surface area contributed by atoms with E-state index in [0.717, 1.165) is 33.4 Å². The van der Waals surface area contributed by atoms with Crippen LogP contribution in [0.15, 0.2) is 82.6 Å². The van der Waals surface area contributed by atoms with Crippen LogP contribution in [0.3, 0.4) is 0 Å². The lowest BCUT2D eigenvalue weighted by molar-refractivity contribution is 0.0160. The molecule has 0 aliphatic carbocycles. The fraction of sp³-hybridized carbons (Fsp3) is 0.490. The van der Waals surface area contributed by atoms with Crippen molar-refractivity contribution in [2.24, 2.45) is 0 Å². The average molecular weight is 1120 g/mol. The van der Waals surface area contributed by atoms with E-state index < -0.39 is 20.0 Å². The van der Waals surface area contributed by atoms with Crippen LogP contribution in [0.5, 0.6) is 0 Å². The number of amides is 2. The zero-order chi connectivity index (χ0) is 51.5. The number of carbonyl (C=O) groups is 1. The highest BCUT2D eigenvalue weighted by Crippen LogP contribution is 2.40. The first-order valence-corrected chi connectivity index (χ1v) is 28.1. The van der Waals surface area contributed by atoms with Crippen molar-refractivity contribution in [1.82, 2.24) is 29.9 Å². The van der Waals surface area contributed by atoms with E-state index in [4.69, 9.17) is 74.8 Å². The van der Waals surface area contributed by atoms with E-state index in [2.05, 4.69) is 29.9 Å². The van der Waals surface area contributed by atoms with E-state index in [0.29, 0.717) is 112 Å². The first-order valence-electron chi connectivity index (χ1n) is 23.6. The summed E-state index contributed by atoms with van der Waals surface area (Å²) < 4.78 is 90.8. The Morgan fingerprint density at radius 1 is 0.514 bits per heavy atom. The van der Waals surface area contributed by atoms with Crippen molar-refractivity contribution in [3.05, 3.63) is 126 Å². The van der Waals surface area contributed by atoms with Gasteiger partial charge in [-0.05, 0) is 96.0 Å². The molecule has 72 heavy (non-hydrogen) atoms. The van der Waals surface area contributed by atoms with Gasteiger partial charge in [-0.3, -0.25) is 0 Å². The van der Waals surface area contributed by atoms with Gasteiger partial charge in [0.15, 0.2) is 0 Å². The minimum atomic E-state index is -3.78. The molecule has 4 N–H and O–H groups in total. The molecule has 0 aromatic heterocycles. The fourth-order valence-electron chi connectivity index (χ4n) is 8.34. The van der Waals surface area contributed by atoms with Crippen LogP contribution in [-0.2, 0) is 61.6 Å². The third kappa shape index (κ3) is 18.0. The quantitative estimate of drug-likeness (QED) is 0.0438. The summed E-state index contributed by atoms with van der Waals surface area (Å²) >= 11 is 25.7. The number of rotatable bonds is 30. The standard InChI is InChI=1S/C49H64Cl4N6O11S2/c1-58-31-43(41-27-37(50)29-47(52)45(41)33-58)35-5-3-7-39(25-35)71(61,62)56-11-15-67-19-23-69-21-17-65-13-9-54-49(60)55-10-14-66-18-22-70-24-20-68-16-12-57-72(63,64)40-8-4-6-36(26-40)44-32-59(2)34-46-42(44)28-38(51)30-48(46)53/h3-8,25-30,43-44,56-57H,9-24,31-34H2,1-2H3,(H2,54,55,60). The second-order valence-electron chi connectivity index (χ2n) is 17.2. The molecular weight excluding hydrogens is 1050 g/mol. The molecule has 0 radical (unpaired) electrons. The Morgan fingerprint density at radius 3 is 1.24 bits per heavy atom. The second-order valence-corrected chi connectivity index (χ2v) is 22.4. The monoisotopic (exact) mass is 1120 g/mol. The number of hydrogen-bond acceptors (Lipinski definition) is 13. The number of halogens is 4. The first kappa shape index (κ1) is 58.1. The Kier molecular flexibility index (Phi) is 23.6. The maximum atomic E-state index is 13.1. The van der Waals surface area contributed by atoms with Gasteiger partial charge in [0.05, 0.1) is 89.1 Å². The Bertz CT molecular complexity index is 2450. The third-order valence-electron chi connectivity index (χ3n) is 11.8. The summed E-state index contributed by atoms with van der Waals surface area (Å²) in [6.07, 6.45) is 0. The van der Waals surface area contributed by atoms with E-state index in [9.17, 15) is 21.6 Å². The van der Waals surface area contributed by atoms with Crippen LogP contribution in [-0.4, -0.2) is 165 Å². The second kappa shape index (κ2) is 29.2. The Morgan fingerprint density at radius 2 is 0.861 bits per heavy atom. The fourth-order valence-corrected chi connectivity index (χ4v) is 11.6. The molecule has 2 amide bonds. The Balaban J connectivity index is 0.703. The van der Waals surface area contributed by atoms with E-state index >= 15 is 0 Å². The van der Waals surface area contributed by atoms with E-state index in [1.165, 1.54) is 0 Å². The average Bonchev–Trinajstić information content (AvgIpc) is 3.34. The highest BCUT2D eigenvalue weighted by Gasteiger charge is 2.30. The van der Waals surface area contributed by atoms with Gasteiger partial charge in [0.2, 0.25) is 20.0 Å². The molecule has 6 rings (SSSR count). The number of likely N-dealkylation sites (N-methyl/N-ethyl adjacent to an activating group) is 2. The lowest BCUT2D eigenvalue weighted by Crippen LogP contribution is -2.39. The van der Waals surface area contributed by atoms with Crippen LogP contribution in [0, 0.1) is 0 Å². The predicted octanol–water partition coefficient (Wildman–Crippen LogP) is 6.11. The SMILES string of the molecule is CN1Cc2c(Cl)cc(Cl)cc2C(c2cccc(S(=O)(=O)NCCOCCOCCOCCNC(=O)NCCOCCOCCOCCNS(=O)(=O)c3cccc(C4CN(C)Cc5c(Cl)cc(Cl)cc54)c3)c2)C1. The molecule has 17 nitrogen and oxygen atoms in total. The minimum absolute atomic E-state index is 0.0871. The van der Waals surface area contributed by atoms with Gasteiger partial charge < -0.3 is 48.9 Å². The molecule has 4 aromatic rings. The summed E-state index contributed by atoms with van der Waals surface area (Å²) in [6, 6.07) is 20.8. The van der Waals surface area contributed by atoms with Gasteiger partial charge in [0.1, 0.15) is 0 Å². The molecular formula is C49H64Cl4N6O11S2. The van der Waals surface area contributed by atoms with Crippen LogP contribution < -0.4 is 20.1 Å². The van der Waals surface area contributed by atoms with Crippen molar-refractivity contribution in [2.75, 3.05) is 133 Å². The van der Waals surface area contributed by atoms with E-state index in [-0.39, 0.29) is 67.2 Å². The van der Waals surface area contributed by atoms with E-state index in [1.54, 1.807) is 48.5 Å². The number of ether oxygens (including phenoxy) is 6. The summed E-state index contributed by atoms with van der Waals surface area (Å²) in [4.78, 5) is 16.7. The summed E-state index contributed by atoms with van der Waals surface area (Å²) in [6.45, 7) is 7.00. The number of hydrogen-bond donors (Lipinski definition) is 4. The molecule has 2 unspecified atom stereocenters. The number of fused-ring (bicyclic) bond motifs is 2. The van der Waals surface area contributed by atoms with Gasteiger partial charge >= 0.3 is 6.03 Å². The van der Waals surface area contributed by atoms with Crippen LogP contribution in [0.2, 0.25) is 20.1 Å². The molecule has 0 saturated carbocycles. The molecule has 2 aliphatic rings. The smallest absolute Gasteiger partial charge is 0.314 e.